The summed E-state index contributed by atoms with van der Waals surface area (Å²) in [6, 6.07) is 1.94. The van der Waals surface area contributed by atoms with Crippen LogP contribution in [0.3, 0.4) is 0 Å². The molecule has 0 fully saturated rings. The van der Waals surface area contributed by atoms with Gasteiger partial charge in [0.05, 0.1) is 11.3 Å². The molecule has 2 rings (SSSR count). The predicted molar refractivity (Wildman–Crippen MR) is 66.1 cm³/mol. The highest BCUT2D eigenvalue weighted by Crippen LogP contribution is 2.20. The summed E-state index contributed by atoms with van der Waals surface area (Å²) in [5.41, 5.74) is 0. The standard InChI is InChI=1S/C9H8IN3OS/c1-13-8(11-5-12-13)4-7(14)9-6(10)2-3-15-9/h2-3,5H,4H2,1H3. The van der Waals surface area contributed by atoms with Crippen LogP contribution in [0, 0.1) is 3.57 Å². The molecule has 4 nitrogen and oxygen atoms in total. The predicted octanol–water partition coefficient (Wildman–Crippen LogP) is 1.91. The minimum atomic E-state index is 0.102. The molecule has 0 spiro atoms. The molecule has 0 aliphatic carbocycles. The van der Waals surface area contributed by atoms with E-state index in [1.807, 2.05) is 11.4 Å². The minimum Gasteiger partial charge on any atom is -0.293 e. The van der Waals surface area contributed by atoms with Gasteiger partial charge in [-0.2, -0.15) is 5.10 Å². The van der Waals surface area contributed by atoms with Crippen molar-refractivity contribution < 1.29 is 4.79 Å². The number of halogens is 1. The zero-order chi connectivity index (χ0) is 10.8. The number of aryl methyl sites for hydroxylation is 1. The number of hydrogen-bond acceptors (Lipinski definition) is 4. The van der Waals surface area contributed by atoms with Crippen LogP contribution in [0.25, 0.3) is 0 Å². The molecule has 0 amide bonds. The second-order valence-corrected chi connectivity index (χ2v) is 5.08. The summed E-state index contributed by atoms with van der Waals surface area (Å²) in [7, 11) is 1.79. The Morgan fingerprint density at radius 2 is 2.47 bits per heavy atom. The molecule has 0 radical (unpaired) electrons. The summed E-state index contributed by atoms with van der Waals surface area (Å²) >= 11 is 3.64. The molecule has 6 heteroatoms. The minimum absolute atomic E-state index is 0.102. The molecule has 0 aromatic carbocycles. The van der Waals surface area contributed by atoms with Gasteiger partial charge >= 0.3 is 0 Å². The fraction of sp³-hybridized carbons (Fsp3) is 0.222. The van der Waals surface area contributed by atoms with Crippen LogP contribution in [0.1, 0.15) is 15.5 Å². The summed E-state index contributed by atoms with van der Waals surface area (Å²) in [6.45, 7) is 0. The van der Waals surface area contributed by atoms with Crippen molar-refractivity contribution >= 4 is 39.7 Å². The van der Waals surface area contributed by atoms with E-state index < -0.39 is 0 Å². The first-order valence-electron chi connectivity index (χ1n) is 4.27. The molecule has 0 unspecified atom stereocenters. The van der Waals surface area contributed by atoms with Gasteiger partial charge in [-0.15, -0.1) is 11.3 Å². The van der Waals surface area contributed by atoms with E-state index in [2.05, 4.69) is 32.7 Å². The van der Waals surface area contributed by atoms with Crippen LogP contribution in [-0.2, 0) is 13.5 Å². The summed E-state index contributed by atoms with van der Waals surface area (Å²) in [4.78, 5) is 16.7. The number of aromatic nitrogens is 3. The zero-order valence-corrected chi connectivity index (χ0v) is 10.9. The number of Topliss-reactive ketones (excluding diaryl/α,β-unsaturated/α-hetero) is 1. The second-order valence-electron chi connectivity index (χ2n) is 3.00. The number of rotatable bonds is 3. The van der Waals surface area contributed by atoms with Gasteiger partial charge < -0.3 is 0 Å². The number of thiophene rings is 1. The Morgan fingerprint density at radius 3 is 3.00 bits per heavy atom. The van der Waals surface area contributed by atoms with Crippen molar-refractivity contribution in [1.82, 2.24) is 14.8 Å². The van der Waals surface area contributed by atoms with Crippen LogP contribution < -0.4 is 0 Å². The fourth-order valence-corrected chi connectivity index (χ4v) is 3.03. The molecular formula is C9H8IN3OS. The largest absolute Gasteiger partial charge is 0.293 e. The van der Waals surface area contributed by atoms with Crippen LogP contribution >= 0.6 is 33.9 Å². The van der Waals surface area contributed by atoms with Gasteiger partial charge in [-0.05, 0) is 34.0 Å². The van der Waals surface area contributed by atoms with E-state index in [4.69, 9.17) is 0 Å². The van der Waals surface area contributed by atoms with Gasteiger partial charge in [0.15, 0.2) is 5.78 Å². The normalized spacial score (nSPS) is 10.5. The Hall–Kier alpha value is -0.760. The first-order chi connectivity index (χ1) is 7.18. The lowest BCUT2D eigenvalue weighted by molar-refractivity contribution is 0.0993. The van der Waals surface area contributed by atoms with Crippen LogP contribution in [-0.4, -0.2) is 20.5 Å². The molecule has 0 aliphatic rings. The van der Waals surface area contributed by atoms with Crippen molar-refractivity contribution in [2.45, 2.75) is 6.42 Å². The smallest absolute Gasteiger partial charge is 0.181 e. The van der Waals surface area contributed by atoms with Crippen LogP contribution in [0.15, 0.2) is 17.8 Å². The topological polar surface area (TPSA) is 47.8 Å². The van der Waals surface area contributed by atoms with Crippen molar-refractivity contribution in [3.8, 4) is 0 Å². The van der Waals surface area contributed by atoms with E-state index in [1.54, 1.807) is 11.7 Å². The van der Waals surface area contributed by atoms with Crippen LogP contribution in [0.4, 0.5) is 0 Å². The number of carbonyl (C=O) groups is 1. The number of nitrogens with zero attached hydrogens (tertiary/aromatic N) is 3. The van der Waals surface area contributed by atoms with Gasteiger partial charge in [-0.25, -0.2) is 4.98 Å². The van der Waals surface area contributed by atoms with Crippen molar-refractivity contribution in [3.63, 3.8) is 0 Å². The maximum Gasteiger partial charge on any atom is 0.181 e. The molecule has 2 aromatic rings. The quantitative estimate of drug-likeness (QED) is 0.637. The van der Waals surface area contributed by atoms with E-state index in [0.29, 0.717) is 12.2 Å². The Kier molecular flexibility index (Phi) is 3.15. The lowest BCUT2D eigenvalue weighted by atomic mass is 10.2. The highest BCUT2D eigenvalue weighted by Gasteiger charge is 2.14. The van der Waals surface area contributed by atoms with Crippen LogP contribution in [0.5, 0.6) is 0 Å². The molecule has 0 N–H and O–H groups in total. The molecule has 0 aliphatic heterocycles. The molecule has 2 heterocycles. The summed E-state index contributed by atoms with van der Waals surface area (Å²) < 4.78 is 2.63. The number of hydrogen-bond donors (Lipinski definition) is 0. The average Bonchev–Trinajstić information content (AvgIpc) is 2.76. The summed E-state index contributed by atoms with van der Waals surface area (Å²) in [6.07, 6.45) is 1.77. The first-order valence-corrected chi connectivity index (χ1v) is 6.23. The third-order valence-corrected chi connectivity index (χ3v) is 4.21. The Morgan fingerprint density at radius 1 is 1.67 bits per heavy atom. The molecule has 0 saturated carbocycles. The van der Waals surface area contributed by atoms with Crippen molar-refractivity contribution in [2.24, 2.45) is 7.05 Å². The molecule has 78 valence electrons. The maximum absolute atomic E-state index is 11.9. The Labute approximate surface area is 104 Å². The van der Waals surface area contributed by atoms with E-state index in [1.165, 1.54) is 17.7 Å². The number of ketones is 1. The van der Waals surface area contributed by atoms with E-state index in [9.17, 15) is 4.79 Å². The van der Waals surface area contributed by atoms with Gasteiger partial charge in [0, 0.05) is 10.6 Å². The maximum atomic E-state index is 11.9. The molecule has 0 atom stereocenters. The van der Waals surface area contributed by atoms with Gasteiger partial charge in [0.25, 0.3) is 0 Å². The lowest BCUT2D eigenvalue weighted by Gasteiger charge is -1.98. The summed E-state index contributed by atoms with van der Waals surface area (Å²) in [5.74, 6) is 0.801. The van der Waals surface area contributed by atoms with Crippen molar-refractivity contribution in [3.05, 3.63) is 32.0 Å². The van der Waals surface area contributed by atoms with Gasteiger partial charge in [-0.3, -0.25) is 9.48 Å². The SMILES string of the molecule is Cn1ncnc1CC(=O)c1sccc1I. The highest BCUT2D eigenvalue weighted by molar-refractivity contribution is 14.1. The van der Waals surface area contributed by atoms with E-state index in [-0.39, 0.29) is 5.78 Å². The van der Waals surface area contributed by atoms with E-state index >= 15 is 0 Å². The van der Waals surface area contributed by atoms with Gasteiger partial charge in [0.1, 0.15) is 12.2 Å². The lowest BCUT2D eigenvalue weighted by Crippen LogP contribution is -2.08. The van der Waals surface area contributed by atoms with Crippen molar-refractivity contribution in [2.75, 3.05) is 0 Å². The third-order valence-electron chi connectivity index (χ3n) is 1.99. The highest BCUT2D eigenvalue weighted by atomic mass is 127. The molecule has 0 bridgehead atoms. The molecule has 0 saturated heterocycles. The first kappa shape index (κ1) is 10.7. The van der Waals surface area contributed by atoms with Crippen LogP contribution in [0.2, 0.25) is 0 Å². The summed E-state index contributed by atoms with van der Waals surface area (Å²) in [5, 5.41) is 5.85. The van der Waals surface area contributed by atoms with Crippen molar-refractivity contribution in [1.29, 1.82) is 0 Å². The second kappa shape index (κ2) is 4.40. The van der Waals surface area contributed by atoms with E-state index in [0.717, 1.165) is 8.45 Å². The van der Waals surface area contributed by atoms with Gasteiger partial charge in [-0.1, -0.05) is 0 Å². The monoisotopic (exact) mass is 333 g/mol. The third kappa shape index (κ3) is 2.25. The van der Waals surface area contributed by atoms with Gasteiger partial charge in [0.2, 0.25) is 0 Å². The Balaban J connectivity index is 2.18. The Bertz CT molecular complexity index is 491. The molecule has 15 heavy (non-hydrogen) atoms. The molecule has 2 aromatic heterocycles. The average molecular weight is 333 g/mol. The fourth-order valence-electron chi connectivity index (χ4n) is 1.20. The molecular weight excluding hydrogens is 325 g/mol. The zero-order valence-electron chi connectivity index (χ0n) is 7.98. The number of carbonyl (C=O) groups excluding carboxylic acids is 1.